The molecule has 0 aromatic heterocycles. The van der Waals surface area contributed by atoms with Crippen LogP contribution in [0.5, 0.6) is 0 Å². The van der Waals surface area contributed by atoms with E-state index in [9.17, 15) is 8.42 Å². The van der Waals surface area contributed by atoms with E-state index in [0.29, 0.717) is 22.6 Å². The summed E-state index contributed by atoms with van der Waals surface area (Å²) in [6.07, 6.45) is 4.28. The van der Waals surface area contributed by atoms with Gasteiger partial charge < -0.3 is 5.73 Å². The van der Waals surface area contributed by atoms with Crippen molar-refractivity contribution in [3.63, 3.8) is 0 Å². The van der Waals surface area contributed by atoms with Gasteiger partial charge in [-0.25, -0.2) is 13.1 Å². The largest absolute Gasteiger partial charge is 0.399 e. The summed E-state index contributed by atoms with van der Waals surface area (Å²) in [5.41, 5.74) is 6.10. The molecule has 20 heavy (non-hydrogen) atoms. The third kappa shape index (κ3) is 5.07. The molecule has 1 aromatic rings. The van der Waals surface area contributed by atoms with Crippen molar-refractivity contribution in [2.24, 2.45) is 5.92 Å². The Hall–Kier alpha value is -0.590. The zero-order valence-electron chi connectivity index (χ0n) is 12.0. The normalized spacial score (nSPS) is 13.3. The number of unbranched alkanes of at least 4 members (excludes halogenated alkanes) is 1. The zero-order chi connectivity index (χ0) is 15.2. The van der Waals surface area contributed by atoms with E-state index in [1.54, 1.807) is 12.1 Å². The van der Waals surface area contributed by atoms with Crippen LogP contribution in [0.2, 0.25) is 0 Å². The Balaban J connectivity index is 2.76. The molecule has 0 aliphatic rings. The number of nitrogens with two attached hydrogens (primary N) is 1. The lowest BCUT2D eigenvalue weighted by molar-refractivity contribution is 0.443. The number of nitrogens with one attached hydrogen (secondary N) is 1. The molecule has 1 aromatic carbocycles. The average molecular weight is 363 g/mol. The van der Waals surface area contributed by atoms with Gasteiger partial charge in [-0.3, -0.25) is 0 Å². The van der Waals surface area contributed by atoms with Crippen molar-refractivity contribution in [3.8, 4) is 0 Å². The van der Waals surface area contributed by atoms with Gasteiger partial charge in [0.05, 0.1) is 4.90 Å². The summed E-state index contributed by atoms with van der Waals surface area (Å²) < 4.78 is 27.8. The molecular weight excluding hydrogens is 340 g/mol. The van der Waals surface area contributed by atoms with Gasteiger partial charge in [-0.15, -0.1) is 0 Å². The van der Waals surface area contributed by atoms with Gasteiger partial charge in [-0.05, 0) is 46.5 Å². The summed E-state index contributed by atoms with van der Waals surface area (Å²) in [6, 6.07) is 4.79. The van der Waals surface area contributed by atoms with Gasteiger partial charge >= 0.3 is 0 Å². The van der Waals surface area contributed by atoms with Crippen LogP contribution in [0.25, 0.3) is 0 Å². The highest BCUT2D eigenvalue weighted by Gasteiger charge is 2.19. The van der Waals surface area contributed by atoms with Crippen LogP contribution in [0.1, 0.15) is 39.5 Å². The summed E-state index contributed by atoms with van der Waals surface area (Å²) in [7, 11) is -3.52. The van der Waals surface area contributed by atoms with Crippen LogP contribution in [0.15, 0.2) is 27.6 Å². The van der Waals surface area contributed by atoms with Gasteiger partial charge in [0, 0.05) is 16.7 Å². The zero-order valence-corrected chi connectivity index (χ0v) is 14.4. The van der Waals surface area contributed by atoms with Crippen LogP contribution in [0.4, 0.5) is 5.69 Å². The highest BCUT2D eigenvalue weighted by Crippen LogP contribution is 2.24. The lowest BCUT2D eigenvalue weighted by atomic mass is 10.00. The molecule has 4 nitrogen and oxygen atoms in total. The predicted molar refractivity (Wildman–Crippen MR) is 87.0 cm³/mol. The van der Waals surface area contributed by atoms with Gasteiger partial charge in [-0.1, -0.05) is 33.1 Å². The lowest BCUT2D eigenvalue weighted by Gasteiger charge is -2.16. The Morgan fingerprint density at radius 3 is 2.65 bits per heavy atom. The first kappa shape index (κ1) is 17.5. The van der Waals surface area contributed by atoms with Gasteiger partial charge in [0.1, 0.15) is 0 Å². The molecule has 0 aliphatic heterocycles. The summed E-state index contributed by atoms with van der Waals surface area (Å²) in [6.45, 7) is 4.70. The highest BCUT2D eigenvalue weighted by molar-refractivity contribution is 9.10. The van der Waals surface area contributed by atoms with Gasteiger partial charge in [-0.2, -0.15) is 0 Å². The minimum atomic E-state index is -3.52. The number of anilines is 1. The Bertz CT molecular complexity index is 532. The summed E-state index contributed by atoms with van der Waals surface area (Å²) in [5, 5.41) is 0. The van der Waals surface area contributed by atoms with E-state index < -0.39 is 10.0 Å². The molecule has 0 fully saturated rings. The number of hydrogen-bond donors (Lipinski definition) is 2. The number of nitrogen functional groups attached to an aromatic ring is 1. The first-order chi connectivity index (χ1) is 9.40. The third-order valence-corrected chi connectivity index (χ3v) is 5.77. The second-order valence-electron chi connectivity index (χ2n) is 4.96. The maximum Gasteiger partial charge on any atom is 0.241 e. The van der Waals surface area contributed by atoms with Gasteiger partial charge in [0.2, 0.25) is 10.0 Å². The van der Waals surface area contributed by atoms with E-state index in [1.165, 1.54) is 6.07 Å². The van der Waals surface area contributed by atoms with Crippen LogP contribution in [-0.2, 0) is 10.0 Å². The monoisotopic (exact) mass is 362 g/mol. The fourth-order valence-electron chi connectivity index (χ4n) is 1.97. The molecule has 1 atom stereocenters. The molecule has 3 N–H and O–H groups in total. The number of rotatable bonds is 8. The van der Waals surface area contributed by atoms with Crippen molar-refractivity contribution in [2.45, 2.75) is 44.4 Å². The smallest absolute Gasteiger partial charge is 0.241 e. The van der Waals surface area contributed by atoms with Crippen molar-refractivity contribution < 1.29 is 8.42 Å². The van der Waals surface area contributed by atoms with Crippen molar-refractivity contribution in [1.82, 2.24) is 4.72 Å². The van der Waals surface area contributed by atoms with Crippen molar-refractivity contribution >= 4 is 31.6 Å². The van der Waals surface area contributed by atoms with E-state index in [4.69, 9.17) is 5.73 Å². The third-order valence-electron chi connectivity index (χ3n) is 3.35. The van der Waals surface area contributed by atoms with E-state index in [1.807, 2.05) is 0 Å². The molecule has 0 saturated carbocycles. The second kappa shape index (κ2) is 8.00. The van der Waals surface area contributed by atoms with Crippen LogP contribution < -0.4 is 10.5 Å². The topological polar surface area (TPSA) is 72.2 Å². The fourth-order valence-corrected chi connectivity index (χ4v) is 4.09. The van der Waals surface area contributed by atoms with Gasteiger partial charge in [0.15, 0.2) is 0 Å². The maximum absolute atomic E-state index is 12.3. The molecule has 1 unspecified atom stereocenters. The Labute approximate surface area is 130 Å². The predicted octanol–water partition coefficient (Wildman–Crippen LogP) is 3.53. The summed E-state index contributed by atoms with van der Waals surface area (Å²) in [4.78, 5) is 0.197. The van der Waals surface area contributed by atoms with Crippen LogP contribution in [0, 0.1) is 5.92 Å². The molecule has 0 heterocycles. The molecule has 114 valence electrons. The lowest BCUT2D eigenvalue weighted by Crippen LogP contribution is -2.29. The highest BCUT2D eigenvalue weighted by atomic mass is 79.9. The van der Waals surface area contributed by atoms with Crippen LogP contribution in [-0.4, -0.2) is 15.0 Å². The molecule has 0 amide bonds. The second-order valence-corrected chi connectivity index (χ2v) is 7.55. The minimum absolute atomic E-state index is 0.197. The first-order valence-corrected chi connectivity index (χ1v) is 9.23. The van der Waals surface area contributed by atoms with E-state index in [-0.39, 0.29) is 4.90 Å². The van der Waals surface area contributed by atoms with E-state index >= 15 is 0 Å². The minimum Gasteiger partial charge on any atom is -0.399 e. The quantitative estimate of drug-likeness (QED) is 0.694. The molecule has 0 saturated heterocycles. The standard InChI is InChI=1S/C14H23BrN2O2S/c1-3-5-6-11(4-2)10-17-20(18,19)14-9-12(16)7-8-13(14)15/h7-9,11,17H,3-6,10,16H2,1-2H3. The summed E-state index contributed by atoms with van der Waals surface area (Å²) >= 11 is 3.26. The number of hydrogen-bond acceptors (Lipinski definition) is 3. The van der Waals surface area contributed by atoms with E-state index in [2.05, 4.69) is 34.5 Å². The Morgan fingerprint density at radius 1 is 1.35 bits per heavy atom. The summed E-state index contributed by atoms with van der Waals surface area (Å²) in [5.74, 6) is 0.379. The molecular formula is C14H23BrN2O2S. The first-order valence-electron chi connectivity index (χ1n) is 6.95. The van der Waals surface area contributed by atoms with Crippen LogP contribution in [0.3, 0.4) is 0 Å². The Morgan fingerprint density at radius 2 is 2.05 bits per heavy atom. The van der Waals surface area contributed by atoms with Crippen molar-refractivity contribution in [2.75, 3.05) is 12.3 Å². The molecule has 0 aliphatic carbocycles. The maximum atomic E-state index is 12.3. The molecule has 0 spiro atoms. The van der Waals surface area contributed by atoms with Crippen LogP contribution >= 0.6 is 15.9 Å². The van der Waals surface area contributed by atoms with E-state index in [0.717, 1.165) is 25.7 Å². The van der Waals surface area contributed by atoms with Gasteiger partial charge in [0.25, 0.3) is 0 Å². The fraction of sp³-hybridized carbons (Fsp3) is 0.571. The molecule has 6 heteroatoms. The molecule has 0 radical (unpaired) electrons. The average Bonchev–Trinajstić information content (AvgIpc) is 2.41. The molecule has 1 rings (SSSR count). The van der Waals surface area contributed by atoms with Crippen molar-refractivity contribution in [1.29, 1.82) is 0 Å². The van der Waals surface area contributed by atoms with Crippen molar-refractivity contribution in [3.05, 3.63) is 22.7 Å². The number of benzene rings is 1. The number of halogens is 1. The molecule has 0 bridgehead atoms. The Kier molecular flexibility index (Phi) is 6.99. The number of sulfonamides is 1. The SMILES string of the molecule is CCCCC(CC)CNS(=O)(=O)c1cc(N)ccc1Br.